The first-order valence-electron chi connectivity index (χ1n) is 5.49. The summed E-state index contributed by atoms with van der Waals surface area (Å²) in [6.45, 7) is 1.97. The summed E-state index contributed by atoms with van der Waals surface area (Å²) in [5.74, 6) is 0.609. The third kappa shape index (κ3) is 3.40. The molecule has 0 aliphatic heterocycles. The van der Waals surface area contributed by atoms with Gasteiger partial charge in [0.1, 0.15) is 18.1 Å². The Kier molecular flexibility index (Phi) is 4.10. The predicted octanol–water partition coefficient (Wildman–Crippen LogP) is 3.63. The van der Waals surface area contributed by atoms with Crippen LogP contribution in [0, 0.1) is 0 Å². The highest BCUT2D eigenvalue weighted by molar-refractivity contribution is 9.10. The summed E-state index contributed by atoms with van der Waals surface area (Å²) in [6, 6.07) is 11.3. The van der Waals surface area contributed by atoms with Crippen molar-refractivity contribution in [2.45, 2.75) is 13.5 Å². The van der Waals surface area contributed by atoms with Crippen molar-refractivity contribution in [3.63, 3.8) is 0 Å². The fraction of sp³-hybridized carbons (Fsp3) is 0.143. The van der Waals surface area contributed by atoms with Gasteiger partial charge in [0, 0.05) is 11.4 Å². The Balaban J connectivity index is 1.97. The number of carbonyl (C=O) groups is 1. The average Bonchev–Trinajstić information content (AvgIpc) is 2.38. The molecule has 3 nitrogen and oxygen atoms in total. The minimum atomic E-state index is -0.0468. The highest BCUT2D eigenvalue weighted by Crippen LogP contribution is 2.14. The number of hydrogen-bond donors (Lipinski definition) is 0. The van der Waals surface area contributed by atoms with Gasteiger partial charge in [-0.3, -0.25) is 4.79 Å². The lowest BCUT2D eigenvalue weighted by molar-refractivity contribution is 0.101. The maximum absolute atomic E-state index is 11.1. The number of carbonyl (C=O) groups excluding carboxylic acids is 1. The number of halogens is 1. The minimum Gasteiger partial charge on any atom is -0.487 e. The topological polar surface area (TPSA) is 39.2 Å². The third-order valence-electron chi connectivity index (χ3n) is 2.42. The number of benzene rings is 1. The molecule has 0 fully saturated rings. The number of nitrogens with zero attached hydrogens (tertiary/aromatic N) is 1. The van der Waals surface area contributed by atoms with Crippen LogP contribution < -0.4 is 4.74 Å². The summed E-state index contributed by atoms with van der Waals surface area (Å²) >= 11 is 3.38. The van der Waals surface area contributed by atoms with E-state index >= 15 is 0 Å². The van der Waals surface area contributed by atoms with Gasteiger partial charge in [-0.1, -0.05) is 28.1 Å². The van der Waals surface area contributed by atoms with E-state index in [0.29, 0.717) is 18.1 Å². The Labute approximate surface area is 114 Å². The van der Waals surface area contributed by atoms with Crippen LogP contribution in [-0.4, -0.2) is 10.8 Å². The second-order valence-corrected chi connectivity index (χ2v) is 4.77. The number of Topliss-reactive ketones (excluding diaryl/α,β-unsaturated/α-hetero) is 1. The van der Waals surface area contributed by atoms with Crippen LogP contribution in [0.3, 0.4) is 0 Å². The Hall–Kier alpha value is -1.68. The fourth-order valence-corrected chi connectivity index (χ4v) is 1.69. The van der Waals surface area contributed by atoms with Crippen LogP contribution in [0.15, 0.2) is 47.1 Å². The molecule has 92 valence electrons. The Morgan fingerprint density at radius 2 is 1.94 bits per heavy atom. The lowest BCUT2D eigenvalue weighted by Crippen LogP contribution is -1.99. The van der Waals surface area contributed by atoms with Gasteiger partial charge >= 0.3 is 0 Å². The number of ketones is 1. The molecule has 0 aliphatic carbocycles. The molecular weight excluding hydrogens is 294 g/mol. The summed E-state index contributed by atoms with van der Waals surface area (Å²) in [4.78, 5) is 15.1. The van der Waals surface area contributed by atoms with Gasteiger partial charge in [0.05, 0.1) is 6.20 Å². The first kappa shape index (κ1) is 12.8. The van der Waals surface area contributed by atoms with Gasteiger partial charge in [0.15, 0.2) is 5.78 Å². The van der Waals surface area contributed by atoms with Crippen molar-refractivity contribution in [3.8, 4) is 5.75 Å². The zero-order valence-corrected chi connectivity index (χ0v) is 11.5. The van der Waals surface area contributed by atoms with Gasteiger partial charge in [-0.15, -0.1) is 0 Å². The van der Waals surface area contributed by atoms with E-state index in [4.69, 9.17) is 4.74 Å². The maximum Gasteiger partial charge on any atom is 0.178 e. The molecule has 0 saturated heterocycles. The van der Waals surface area contributed by atoms with E-state index in [-0.39, 0.29) is 5.78 Å². The van der Waals surface area contributed by atoms with Crippen LogP contribution in [0.2, 0.25) is 0 Å². The standard InChI is InChI=1S/C14H12BrNO2/c1-10(17)14-7-6-13(8-16-14)18-9-11-2-4-12(15)5-3-11/h2-8H,9H2,1H3. The SMILES string of the molecule is CC(=O)c1ccc(OCc2ccc(Br)cc2)cn1. The summed E-state index contributed by atoms with van der Waals surface area (Å²) in [6.07, 6.45) is 1.57. The van der Waals surface area contributed by atoms with E-state index in [1.807, 2.05) is 24.3 Å². The van der Waals surface area contributed by atoms with Crippen molar-refractivity contribution >= 4 is 21.7 Å². The van der Waals surface area contributed by atoms with Crippen LogP contribution >= 0.6 is 15.9 Å². The second kappa shape index (κ2) is 5.78. The highest BCUT2D eigenvalue weighted by Gasteiger charge is 2.01. The lowest BCUT2D eigenvalue weighted by atomic mass is 10.2. The molecule has 0 N–H and O–H groups in total. The second-order valence-electron chi connectivity index (χ2n) is 3.85. The molecule has 1 aromatic carbocycles. The zero-order chi connectivity index (χ0) is 13.0. The molecule has 0 atom stereocenters. The molecule has 0 spiro atoms. The molecule has 0 amide bonds. The first-order chi connectivity index (χ1) is 8.65. The monoisotopic (exact) mass is 305 g/mol. The minimum absolute atomic E-state index is 0.0468. The molecule has 2 aromatic rings. The first-order valence-corrected chi connectivity index (χ1v) is 6.28. The summed E-state index contributed by atoms with van der Waals surface area (Å²) in [5.41, 5.74) is 1.53. The quantitative estimate of drug-likeness (QED) is 0.810. The van der Waals surface area contributed by atoms with E-state index < -0.39 is 0 Å². The van der Waals surface area contributed by atoms with Crippen LogP contribution in [0.1, 0.15) is 23.0 Å². The summed E-state index contributed by atoms with van der Waals surface area (Å²) < 4.78 is 6.62. The average molecular weight is 306 g/mol. The molecule has 18 heavy (non-hydrogen) atoms. The maximum atomic E-state index is 11.1. The number of pyridine rings is 1. The normalized spacial score (nSPS) is 10.1. The van der Waals surface area contributed by atoms with Crippen molar-refractivity contribution in [1.29, 1.82) is 0 Å². The molecule has 0 radical (unpaired) electrons. The molecule has 2 rings (SSSR count). The van der Waals surface area contributed by atoms with Gasteiger partial charge in [-0.2, -0.15) is 0 Å². The van der Waals surface area contributed by atoms with Crippen molar-refractivity contribution in [2.75, 3.05) is 0 Å². The molecule has 4 heteroatoms. The largest absolute Gasteiger partial charge is 0.487 e. The number of aromatic nitrogens is 1. The Morgan fingerprint density at radius 1 is 1.22 bits per heavy atom. The van der Waals surface area contributed by atoms with E-state index in [1.165, 1.54) is 6.92 Å². The summed E-state index contributed by atoms with van der Waals surface area (Å²) in [5, 5.41) is 0. The van der Waals surface area contributed by atoms with Crippen LogP contribution in [0.4, 0.5) is 0 Å². The number of ether oxygens (including phenoxy) is 1. The zero-order valence-electron chi connectivity index (χ0n) is 9.89. The van der Waals surface area contributed by atoms with E-state index in [1.54, 1.807) is 18.3 Å². The van der Waals surface area contributed by atoms with Crippen LogP contribution in [-0.2, 0) is 6.61 Å². The van der Waals surface area contributed by atoms with E-state index in [0.717, 1.165) is 10.0 Å². The molecule has 0 bridgehead atoms. The third-order valence-corrected chi connectivity index (χ3v) is 2.94. The van der Waals surface area contributed by atoms with Gasteiger partial charge in [-0.05, 0) is 29.8 Å². The highest BCUT2D eigenvalue weighted by atomic mass is 79.9. The predicted molar refractivity (Wildman–Crippen MR) is 72.7 cm³/mol. The van der Waals surface area contributed by atoms with Crippen LogP contribution in [0.5, 0.6) is 5.75 Å². The lowest BCUT2D eigenvalue weighted by Gasteiger charge is -2.06. The smallest absolute Gasteiger partial charge is 0.178 e. The van der Waals surface area contributed by atoms with Gasteiger partial charge < -0.3 is 4.74 Å². The van der Waals surface area contributed by atoms with Gasteiger partial charge in [0.2, 0.25) is 0 Å². The van der Waals surface area contributed by atoms with Gasteiger partial charge in [0.25, 0.3) is 0 Å². The van der Waals surface area contributed by atoms with E-state index in [2.05, 4.69) is 20.9 Å². The molecule has 0 aliphatic rings. The van der Waals surface area contributed by atoms with Crippen molar-refractivity contribution in [1.82, 2.24) is 4.98 Å². The van der Waals surface area contributed by atoms with Crippen molar-refractivity contribution in [2.24, 2.45) is 0 Å². The fourth-order valence-electron chi connectivity index (χ4n) is 1.42. The Morgan fingerprint density at radius 3 is 2.50 bits per heavy atom. The number of hydrogen-bond acceptors (Lipinski definition) is 3. The molecule has 1 heterocycles. The summed E-state index contributed by atoms with van der Waals surface area (Å²) in [7, 11) is 0. The van der Waals surface area contributed by atoms with E-state index in [9.17, 15) is 4.79 Å². The molecule has 0 saturated carbocycles. The van der Waals surface area contributed by atoms with Crippen molar-refractivity contribution < 1.29 is 9.53 Å². The van der Waals surface area contributed by atoms with Crippen molar-refractivity contribution in [3.05, 3.63) is 58.3 Å². The molecule has 1 aromatic heterocycles. The Bertz CT molecular complexity index is 535. The van der Waals surface area contributed by atoms with Crippen LogP contribution in [0.25, 0.3) is 0 Å². The molecular formula is C14H12BrNO2. The molecule has 0 unspecified atom stereocenters. The van der Waals surface area contributed by atoms with Gasteiger partial charge in [-0.25, -0.2) is 4.98 Å². The number of rotatable bonds is 4.